The maximum atomic E-state index is 12.1. The van der Waals surface area contributed by atoms with Crippen molar-refractivity contribution >= 4 is 41.9 Å². The molecular weight excluding hydrogens is 1020 g/mol. The molecule has 14 heteroatoms. The van der Waals surface area contributed by atoms with E-state index in [-0.39, 0.29) is 46.0 Å². The van der Waals surface area contributed by atoms with Crippen LogP contribution in [0, 0.1) is 41.4 Å². The third-order valence-electron chi connectivity index (χ3n) is 16.6. The second-order valence-electron chi connectivity index (χ2n) is 23.4. The number of esters is 6. The van der Waals surface area contributed by atoms with E-state index in [0.717, 1.165) is 73.7 Å². The Bertz CT molecular complexity index is 2560. The number of hydrogen-bond acceptors (Lipinski definition) is 14. The van der Waals surface area contributed by atoms with Crippen molar-refractivity contribution in [1.29, 1.82) is 0 Å². The number of rotatable bonds is 13. The fourth-order valence-electron chi connectivity index (χ4n) is 12.3. The maximum Gasteiger partial charge on any atom is 0.347 e. The van der Waals surface area contributed by atoms with Gasteiger partial charge in [0.05, 0.1) is 6.61 Å². The number of aromatic hydroxyl groups is 2. The second kappa shape index (κ2) is 29.7. The lowest BCUT2D eigenvalue weighted by Gasteiger charge is -2.45. The van der Waals surface area contributed by atoms with Crippen LogP contribution in [0.15, 0.2) is 116 Å². The van der Waals surface area contributed by atoms with Crippen molar-refractivity contribution in [3.8, 4) is 17.2 Å². The topological polar surface area (TPSA) is 198 Å². The molecule has 14 nitrogen and oxygen atoms in total. The van der Waals surface area contributed by atoms with E-state index in [1.165, 1.54) is 82.6 Å². The van der Waals surface area contributed by atoms with Crippen LogP contribution < -0.4 is 4.74 Å². The minimum absolute atomic E-state index is 0.134. The Labute approximate surface area is 475 Å². The zero-order valence-electron chi connectivity index (χ0n) is 49.2. The molecule has 80 heavy (non-hydrogen) atoms. The largest absolute Gasteiger partial charge is 0.508 e. The molecule has 1 heterocycles. The van der Waals surface area contributed by atoms with Crippen LogP contribution >= 0.6 is 0 Å². The molecule has 3 unspecified atom stereocenters. The molecule has 6 saturated carbocycles. The van der Waals surface area contributed by atoms with Crippen molar-refractivity contribution in [2.75, 3.05) is 6.61 Å². The minimum Gasteiger partial charge on any atom is -0.508 e. The van der Waals surface area contributed by atoms with Crippen molar-refractivity contribution in [1.82, 2.24) is 0 Å². The van der Waals surface area contributed by atoms with Gasteiger partial charge in [-0.25, -0.2) is 28.8 Å². The number of benzene rings is 2. The van der Waals surface area contributed by atoms with Gasteiger partial charge in [-0.1, -0.05) is 78.5 Å². The van der Waals surface area contributed by atoms with Gasteiger partial charge >= 0.3 is 35.8 Å². The van der Waals surface area contributed by atoms with E-state index < -0.39 is 24.0 Å². The first kappa shape index (κ1) is 65.8. The summed E-state index contributed by atoms with van der Waals surface area (Å²) in [6.07, 6.45) is 17.9. The third kappa shape index (κ3) is 18.2. The molecule has 8 atom stereocenters. The summed E-state index contributed by atoms with van der Waals surface area (Å²) < 4.78 is 31.2. The van der Waals surface area contributed by atoms with Crippen LogP contribution in [-0.4, -0.2) is 75.5 Å². The summed E-state index contributed by atoms with van der Waals surface area (Å²) in [6, 6.07) is 12.8. The Kier molecular flexibility index (Phi) is 24.4. The van der Waals surface area contributed by atoms with E-state index in [1.54, 1.807) is 45.9 Å². The average Bonchev–Trinajstić information content (AvgIpc) is 3.92. The SMILES string of the molecule is C=C(C)C(=O)OC1(C(C)C)CCCC1.C=C(C)C(=O)OC1(C)CCCC1.C=C(C)C(=O)OC1CCOC1=O.C=C(C)C(=O)O[C@@]1(CC)C[C@H]2C[C@@H]1C1C2[C@@H]2CC[C@H]1C2.C=C(C)C(=O)Oc1ccc(O)cc1.C=Cc1ccc(O)cc1. The highest BCUT2D eigenvalue weighted by Gasteiger charge is 2.67. The number of hydrogen-bond donors (Lipinski definition) is 2. The van der Waals surface area contributed by atoms with Gasteiger partial charge in [-0.15, -0.1) is 0 Å². The normalized spacial score (nSPS) is 25.1. The predicted octanol–water partition coefficient (Wildman–Crippen LogP) is 13.8. The molecule has 2 N–H and O–H groups in total. The molecule has 438 valence electrons. The second-order valence-corrected chi connectivity index (χ2v) is 23.4. The zero-order chi connectivity index (χ0) is 59.7. The van der Waals surface area contributed by atoms with Gasteiger partial charge in [0.25, 0.3) is 0 Å². The maximum absolute atomic E-state index is 12.1. The van der Waals surface area contributed by atoms with Gasteiger partial charge in [-0.05, 0) is 209 Å². The molecular formula is C66H90O14. The zero-order valence-corrected chi connectivity index (χ0v) is 49.2. The highest BCUT2D eigenvalue weighted by molar-refractivity contribution is 5.90. The van der Waals surface area contributed by atoms with Gasteiger partial charge in [-0.2, -0.15) is 0 Å². The van der Waals surface area contributed by atoms with Crippen molar-refractivity contribution in [3.05, 3.63) is 121 Å². The fraction of sp³-hybridized carbons (Fsp3) is 0.545. The lowest BCUT2D eigenvalue weighted by molar-refractivity contribution is -0.167. The number of cyclic esters (lactones) is 1. The Morgan fingerprint density at radius 3 is 1.57 bits per heavy atom. The first-order chi connectivity index (χ1) is 37.6. The van der Waals surface area contributed by atoms with E-state index in [4.69, 9.17) is 33.9 Å². The third-order valence-corrected chi connectivity index (χ3v) is 16.6. The highest BCUT2D eigenvalue weighted by Crippen LogP contribution is 2.71. The molecule has 6 aliphatic carbocycles. The smallest absolute Gasteiger partial charge is 0.347 e. The predicted molar refractivity (Wildman–Crippen MR) is 310 cm³/mol. The number of phenolic OH excluding ortho intramolecular Hbond substituents is 2. The standard InChI is InChI=1S/C18H26O2.C12H20O2.C10H10O3.C10H16O2.C8H10O4.C8H8O/c1-4-18(20-17(19)10(2)3)9-13-8-14(18)16-12-6-5-11(7-12)15(13)16;1-9(2)11(13)14-12(10(3)4)7-5-6-8-12;1-7(2)10(12)13-9-5-3-8(11)4-6-9;1-8(2)9(11)12-10(3)6-4-5-7-10;1-5(2)7(9)12-6-3-4-11-8(6)10;1-2-7-3-5-8(9)6-4-7/h11-16H,2,4-9H2,1,3H3;10H,1,5-8H2,2-4H3;3-6,11H,1H2,2H3;1,4-7H2,2-3H3;6H,1,3-4H2,2H3;2-6,9H,1H2/t11-,12+,13-,14-,15?,16?,18+;;;;;/m1...../s1. The molecule has 1 saturated heterocycles. The van der Waals surface area contributed by atoms with Crippen LogP contribution in [0.5, 0.6) is 17.2 Å². The average molecular weight is 1110 g/mol. The quantitative estimate of drug-likeness (QED) is 0.0631. The number of carbonyl (C=O) groups excluding carboxylic acids is 6. The molecule has 9 rings (SSSR count). The van der Waals surface area contributed by atoms with Crippen LogP contribution in [0.1, 0.15) is 164 Å². The Morgan fingerprint density at radius 1 is 0.637 bits per heavy atom. The molecule has 1 aliphatic heterocycles. The highest BCUT2D eigenvalue weighted by atomic mass is 16.6. The van der Waals surface area contributed by atoms with Crippen molar-refractivity contribution < 1.29 is 67.4 Å². The van der Waals surface area contributed by atoms with Gasteiger partial charge in [0.15, 0.2) is 0 Å². The number of carbonyl (C=O) groups is 6. The monoisotopic (exact) mass is 1110 g/mol. The van der Waals surface area contributed by atoms with Gasteiger partial charge in [0, 0.05) is 40.2 Å². The lowest BCUT2D eigenvalue weighted by atomic mass is 9.65. The van der Waals surface area contributed by atoms with Crippen LogP contribution in [0.2, 0.25) is 0 Å². The lowest BCUT2D eigenvalue weighted by Crippen LogP contribution is -2.47. The van der Waals surface area contributed by atoms with E-state index in [0.29, 0.717) is 58.7 Å². The van der Waals surface area contributed by atoms with Crippen LogP contribution in [0.25, 0.3) is 6.08 Å². The Balaban J connectivity index is 0.000000211. The van der Waals surface area contributed by atoms with E-state index in [1.807, 2.05) is 19.1 Å². The Hall–Kier alpha value is -6.70. The molecule has 4 bridgehead atoms. The summed E-state index contributed by atoms with van der Waals surface area (Å²) in [4.78, 5) is 67.5. The van der Waals surface area contributed by atoms with Crippen molar-refractivity contribution in [2.24, 2.45) is 41.4 Å². The molecule has 2 aromatic rings. The summed E-state index contributed by atoms with van der Waals surface area (Å²) in [5, 5.41) is 17.8. The van der Waals surface area contributed by atoms with E-state index >= 15 is 0 Å². The number of phenols is 2. The summed E-state index contributed by atoms with van der Waals surface area (Å²) >= 11 is 0. The number of ether oxygens (including phenoxy) is 6. The van der Waals surface area contributed by atoms with E-state index in [2.05, 4.69) is 65.0 Å². The molecule has 0 amide bonds. The number of fused-ring (bicyclic) bond motifs is 9. The molecule has 0 radical (unpaired) electrons. The summed E-state index contributed by atoms with van der Waals surface area (Å²) in [5.74, 6) is 4.34. The van der Waals surface area contributed by atoms with Gasteiger partial charge in [-0.3, -0.25) is 0 Å². The molecule has 0 aromatic heterocycles. The van der Waals surface area contributed by atoms with Crippen LogP contribution in [-0.2, 0) is 52.5 Å². The minimum atomic E-state index is -0.728. The van der Waals surface area contributed by atoms with Crippen molar-refractivity contribution in [3.63, 3.8) is 0 Å². The molecule has 7 fully saturated rings. The first-order valence-corrected chi connectivity index (χ1v) is 28.4. The van der Waals surface area contributed by atoms with Crippen LogP contribution in [0.4, 0.5) is 0 Å². The summed E-state index contributed by atoms with van der Waals surface area (Å²) in [7, 11) is 0. The molecule has 2 aromatic carbocycles. The first-order valence-electron chi connectivity index (χ1n) is 28.4. The summed E-state index contributed by atoms with van der Waals surface area (Å²) in [5.41, 5.74) is 2.60. The van der Waals surface area contributed by atoms with Crippen molar-refractivity contribution in [2.45, 2.75) is 182 Å². The molecule has 0 spiro atoms. The fourth-order valence-corrected chi connectivity index (χ4v) is 12.3. The van der Waals surface area contributed by atoms with Crippen LogP contribution in [0.3, 0.4) is 0 Å². The van der Waals surface area contributed by atoms with Gasteiger partial charge < -0.3 is 38.6 Å². The Morgan fingerprint density at radius 2 is 1.11 bits per heavy atom. The van der Waals surface area contributed by atoms with Gasteiger partial charge in [0.1, 0.15) is 34.1 Å². The molecule has 7 aliphatic rings. The summed E-state index contributed by atoms with van der Waals surface area (Å²) in [6.45, 7) is 38.4. The van der Waals surface area contributed by atoms with Gasteiger partial charge in [0.2, 0.25) is 6.10 Å². The van der Waals surface area contributed by atoms with E-state index in [9.17, 15) is 28.8 Å².